The fraction of sp³-hybridized carbons (Fsp3) is 0.429. The summed E-state index contributed by atoms with van der Waals surface area (Å²) in [4.78, 5) is 2.03. The first-order chi connectivity index (χ1) is 12.7. The van der Waals surface area contributed by atoms with Crippen molar-refractivity contribution in [1.29, 1.82) is 0 Å². The summed E-state index contributed by atoms with van der Waals surface area (Å²) in [6.45, 7) is 3.43. The van der Waals surface area contributed by atoms with Crippen molar-refractivity contribution >= 4 is 0 Å². The zero-order chi connectivity index (χ0) is 19.7. The van der Waals surface area contributed by atoms with Gasteiger partial charge in [0.05, 0.1) is 17.3 Å². The number of likely N-dealkylation sites (tertiary alicyclic amines) is 1. The standard InChI is InChI=1S/C21H24F3NO2/c1-15-5-7-16(8-6-15)19(26)14-25-11-9-20(27,10-12-25)17-3-2-4-18(13-17)21(22,23)24/h2-8,13,19,26-27H,9-12,14H2,1H3/t19-/m1/s1. The number of piperidine rings is 1. The van der Waals surface area contributed by atoms with Crippen LogP contribution in [0.5, 0.6) is 0 Å². The molecule has 0 spiro atoms. The van der Waals surface area contributed by atoms with Crippen LogP contribution in [0.4, 0.5) is 13.2 Å². The van der Waals surface area contributed by atoms with Gasteiger partial charge in [0.15, 0.2) is 0 Å². The number of hydrogen-bond donors (Lipinski definition) is 2. The molecule has 0 saturated carbocycles. The average molecular weight is 379 g/mol. The van der Waals surface area contributed by atoms with E-state index in [0.717, 1.165) is 23.3 Å². The molecular weight excluding hydrogens is 355 g/mol. The highest BCUT2D eigenvalue weighted by Gasteiger charge is 2.37. The second kappa shape index (κ2) is 7.62. The predicted octanol–water partition coefficient (Wildman–Crippen LogP) is 4.03. The summed E-state index contributed by atoms with van der Waals surface area (Å²) in [7, 11) is 0. The van der Waals surface area contributed by atoms with Gasteiger partial charge in [-0.2, -0.15) is 13.2 Å². The van der Waals surface area contributed by atoms with Crippen molar-refractivity contribution in [2.75, 3.05) is 19.6 Å². The van der Waals surface area contributed by atoms with Crippen molar-refractivity contribution in [3.63, 3.8) is 0 Å². The van der Waals surface area contributed by atoms with Crippen LogP contribution in [-0.4, -0.2) is 34.7 Å². The van der Waals surface area contributed by atoms with Gasteiger partial charge in [-0.05, 0) is 43.0 Å². The molecule has 1 saturated heterocycles. The van der Waals surface area contributed by atoms with Gasteiger partial charge in [0.2, 0.25) is 0 Å². The molecule has 1 heterocycles. The van der Waals surface area contributed by atoms with Gasteiger partial charge in [-0.25, -0.2) is 0 Å². The molecule has 27 heavy (non-hydrogen) atoms. The van der Waals surface area contributed by atoms with Crippen LogP contribution in [0.25, 0.3) is 0 Å². The molecule has 2 aromatic rings. The van der Waals surface area contributed by atoms with Crippen LogP contribution in [0.15, 0.2) is 48.5 Å². The summed E-state index contributed by atoms with van der Waals surface area (Å²) >= 11 is 0. The zero-order valence-electron chi connectivity index (χ0n) is 15.2. The molecule has 0 aromatic heterocycles. The first-order valence-electron chi connectivity index (χ1n) is 9.04. The number of halogens is 3. The Hall–Kier alpha value is -1.89. The normalized spacial score (nSPS) is 19.0. The molecule has 146 valence electrons. The Labute approximate surface area is 157 Å². The second-order valence-electron chi connectivity index (χ2n) is 7.34. The summed E-state index contributed by atoms with van der Waals surface area (Å²) in [5.74, 6) is 0. The maximum absolute atomic E-state index is 12.9. The average Bonchev–Trinajstić information content (AvgIpc) is 2.64. The highest BCUT2D eigenvalue weighted by molar-refractivity contribution is 5.30. The van der Waals surface area contributed by atoms with E-state index in [4.69, 9.17) is 0 Å². The van der Waals surface area contributed by atoms with Gasteiger partial charge in [0, 0.05) is 19.6 Å². The molecule has 1 aliphatic rings. The SMILES string of the molecule is Cc1ccc([C@H](O)CN2CCC(O)(c3cccc(C(F)(F)F)c3)CC2)cc1. The Morgan fingerprint density at radius 1 is 1.07 bits per heavy atom. The van der Waals surface area contributed by atoms with Crippen LogP contribution in [0, 0.1) is 6.92 Å². The molecule has 3 rings (SSSR count). The minimum Gasteiger partial charge on any atom is -0.387 e. The summed E-state index contributed by atoms with van der Waals surface area (Å²) in [5.41, 5.74) is 0.239. The number of hydrogen-bond acceptors (Lipinski definition) is 3. The molecule has 0 amide bonds. The molecular formula is C21H24F3NO2. The number of nitrogens with zero attached hydrogens (tertiary/aromatic N) is 1. The molecule has 0 aliphatic carbocycles. The van der Waals surface area contributed by atoms with Gasteiger partial charge in [-0.15, -0.1) is 0 Å². The molecule has 1 atom stereocenters. The molecule has 0 radical (unpaired) electrons. The van der Waals surface area contributed by atoms with Gasteiger partial charge >= 0.3 is 6.18 Å². The first-order valence-corrected chi connectivity index (χ1v) is 9.04. The Kier molecular flexibility index (Phi) is 5.60. The highest BCUT2D eigenvalue weighted by atomic mass is 19.4. The number of aryl methyl sites for hydroxylation is 1. The van der Waals surface area contributed by atoms with Crippen molar-refractivity contribution in [2.24, 2.45) is 0 Å². The number of alkyl halides is 3. The van der Waals surface area contributed by atoms with Crippen LogP contribution >= 0.6 is 0 Å². The number of aliphatic hydroxyl groups is 2. The fourth-order valence-corrected chi connectivity index (χ4v) is 3.52. The molecule has 2 N–H and O–H groups in total. The summed E-state index contributed by atoms with van der Waals surface area (Å²) < 4.78 is 38.8. The summed E-state index contributed by atoms with van der Waals surface area (Å²) in [5, 5.41) is 21.3. The van der Waals surface area contributed by atoms with E-state index in [2.05, 4.69) is 0 Å². The summed E-state index contributed by atoms with van der Waals surface area (Å²) in [6, 6.07) is 12.6. The molecule has 0 bridgehead atoms. The van der Waals surface area contributed by atoms with Crippen molar-refractivity contribution < 1.29 is 23.4 Å². The lowest BCUT2D eigenvalue weighted by Gasteiger charge is -2.39. The topological polar surface area (TPSA) is 43.7 Å². The molecule has 0 unspecified atom stereocenters. The van der Waals surface area contributed by atoms with Crippen LogP contribution in [0.2, 0.25) is 0 Å². The van der Waals surface area contributed by atoms with Crippen LogP contribution in [0.3, 0.4) is 0 Å². The van der Waals surface area contributed by atoms with Gasteiger partial charge in [0.25, 0.3) is 0 Å². The van der Waals surface area contributed by atoms with Crippen LogP contribution in [-0.2, 0) is 11.8 Å². The van der Waals surface area contributed by atoms with E-state index >= 15 is 0 Å². The maximum atomic E-state index is 12.9. The minimum atomic E-state index is -4.43. The molecule has 1 aliphatic heterocycles. The third kappa shape index (κ3) is 4.69. The van der Waals surface area contributed by atoms with Crippen molar-refractivity contribution in [1.82, 2.24) is 4.90 Å². The Bertz CT molecular complexity index is 766. The van der Waals surface area contributed by atoms with Gasteiger partial charge in [0.1, 0.15) is 0 Å². The highest BCUT2D eigenvalue weighted by Crippen LogP contribution is 2.37. The number of β-amino-alcohol motifs (C(OH)–C–C–N with tert-alkyl or cyclic N) is 1. The molecule has 6 heteroatoms. The lowest BCUT2D eigenvalue weighted by atomic mass is 9.83. The monoisotopic (exact) mass is 379 g/mol. The van der Waals surface area contributed by atoms with Gasteiger partial charge < -0.3 is 15.1 Å². The van der Waals surface area contributed by atoms with E-state index in [9.17, 15) is 23.4 Å². The number of benzene rings is 2. The molecule has 1 fully saturated rings. The van der Waals surface area contributed by atoms with Gasteiger partial charge in [-0.3, -0.25) is 0 Å². The number of rotatable bonds is 4. The third-order valence-corrected chi connectivity index (χ3v) is 5.30. The largest absolute Gasteiger partial charge is 0.416 e. The maximum Gasteiger partial charge on any atom is 0.416 e. The van der Waals surface area contributed by atoms with Crippen molar-refractivity contribution in [2.45, 2.75) is 37.6 Å². The minimum absolute atomic E-state index is 0.302. The lowest BCUT2D eigenvalue weighted by molar-refractivity contribution is -0.137. The quantitative estimate of drug-likeness (QED) is 0.843. The van der Waals surface area contributed by atoms with E-state index in [-0.39, 0.29) is 0 Å². The van der Waals surface area contributed by atoms with Crippen molar-refractivity contribution in [3.05, 3.63) is 70.8 Å². The van der Waals surface area contributed by atoms with Crippen LogP contribution in [0.1, 0.15) is 41.2 Å². The Morgan fingerprint density at radius 2 is 1.70 bits per heavy atom. The Morgan fingerprint density at radius 3 is 2.30 bits per heavy atom. The number of aliphatic hydroxyl groups excluding tert-OH is 1. The molecule has 3 nitrogen and oxygen atoms in total. The second-order valence-corrected chi connectivity index (χ2v) is 7.34. The molecule has 2 aromatic carbocycles. The van der Waals surface area contributed by atoms with E-state index in [1.165, 1.54) is 6.07 Å². The zero-order valence-corrected chi connectivity index (χ0v) is 15.2. The van der Waals surface area contributed by atoms with E-state index in [0.29, 0.717) is 38.0 Å². The van der Waals surface area contributed by atoms with E-state index in [1.54, 1.807) is 6.07 Å². The smallest absolute Gasteiger partial charge is 0.387 e. The third-order valence-electron chi connectivity index (χ3n) is 5.30. The Balaban J connectivity index is 1.63. The predicted molar refractivity (Wildman–Crippen MR) is 97.2 cm³/mol. The van der Waals surface area contributed by atoms with Crippen molar-refractivity contribution in [3.8, 4) is 0 Å². The van der Waals surface area contributed by atoms with Crippen LogP contribution < -0.4 is 0 Å². The van der Waals surface area contributed by atoms with Gasteiger partial charge in [-0.1, -0.05) is 42.0 Å². The first kappa shape index (κ1) is 19.9. The fourth-order valence-electron chi connectivity index (χ4n) is 3.52. The van der Waals surface area contributed by atoms with E-state index < -0.39 is 23.4 Å². The van der Waals surface area contributed by atoms with E-state index in [1.807, 2.05) is 36.1 Å². The lowest BCUT2D eigenvalue weighted by Crippen LogP contribution is -2.44. The summed E-state index contributed by atoms with van der Waals surface area (Å²) in [6.07, 6.45) is -4.40.